The Labute approximate surface area is 199 Å². The minimum absolute atomic E-state index is 0.147. The van der Waals surface area contributed by atoms with Gasteiger partial charge in [-0.1, -0.05) is 17.8 Å². The molecule has 1 atom stereocenters. The summed E-state index contributed by atoms with van der Waals surface area (Å²) >= 11 is 1.27. The number of aromatic nitrogens is 1. The van der Waals surface area contributed by atoms with Gasteiger partial charge in [0.05, 0.1) is 24.5 Å². The zero-order valence-electron chi connectivity index (χ0n) is 19.3. The van der Waals surface area contributed by atoms with Gasteiger partial charge in [-0.3, -0.25) is 4.79 Å². The fourth-order valence-electron chi connectivity index (χ4n) is 3.32. The SMILES string of the molecule is COc1ccc(CNC(=O)[C@H](C)Sc2ccc(S(=O)(=O)N3CCN(C)CC3)cn2)cc1OC. The van der Waals surface area contributed by atoms with E-state index in [1.807, 2.05) is 19.2 Å². The van der Waals surface area contributed by atoms with Crippen molar-refractivity contribution in [2.45, 2.75) is 28.6 Å². The molecule has 1 aliphatic rings. The molecular weight excluding hydrogens is 464 g/mol. The number of ether oxygens (including phenoxy) is 2. The standard InChI is InChI=1S/C22H30N4O5S2/c1-16(22(27)24-14-17-5-7-19(30-3)20(13-17)31-4)32-21-8-6-18(15-23-21)33(28,29)26-11-9-25(2)10-12-26/h5-8,13,15-16H,9-12,14H2,1-4H3,(H,24,27)/t16-/m0/s1. The quantitative estimate of drug-likeness (QED) is 0.527. The fourth-order valence-corrected chi connectivity index (χ4v) is 5.51. The lowest BCUT2D eigenvalue weighted by molar-refractivity contribution is -0.120. The third-order valence-corrected chi connectivity index (χ3v) is 8.32. The largest absolute Gasteiger partial charge is 0.493 e. The summed E-state index contributed by atoms with van der Waals surface area (Å²) in [6.07, 6.45) is 1.37. The van der Waals surface area contributed by atoms with Crippen LogP contribution in [-0.2, 0) is 21.4 Å². The molecule has 3 rings (SSSR count). The zero-order valence-corrected chi connectivity index (χ0v) is 20.9. The first-order valence-electron chi connectivity index (χ1n) is 10.5. The van der Waals surface area contributed by atoms with Crippen molar-refractivity contribution < 1.29 is 22.7 Å². The molecule has 1 N–H and O–H groups in total. The molecule has 9 nitrogen and oxygen atoms in total. The van der Waals surface area contributed by atoms with Gasteiger partial charge in [0.15, 0.2) is 11.5 Å². The Bertz CT molecular complexity index is 1050. The van der Waals surface area contributed by atoms with Crippen LogP contribution in [0.25, 0.3) is 0 Å². The van der Waals surface area contributed by atoms with Gasteiger partial charge in [-0.2, -0.15) is 4.31 Å². The molecule has 0 unspecified atom stereocenters. The van der Waals surface area contributed by atoms with Crippen molar-refractivity contribution in [1.82, 2.24) is 19.5 Å². The summed E-state index contributed by atoms with van der Waals surface area (Å²) in [5.74, 6) is 1.08. The summed E-state index contributed by atoms with van der Waals surface area (Å²) in [5.41, 5.74) is 0.884. The zero-order chi connectivity index (χ0) is 24.0. The molecule has 1 aliphatic heterocycles. The van der Waals surface area contributed by atoms with Crippen LogP contribution >= 0.6 is 11.8 Å². The number of piperazine rings is 1. The number of sulfonamides is 1. The van der Waals surface area contributed by atoms with Crippen LogP contribution in [0.2, 0.25) is 0 Å². The lowest BCUT2D eigenvalue weighted by atomic mass is 10.2. The monoisotopic (exact) mass is 494 g/mol. The first-order chi connectivity index (χ1) is 15.7. The van der Waals surface area contributed by atoms with Crippen LogP contribution in [0.3, 0.4) is 0 Å². The van der Waals surface area contributed by atoms with Crippen LogP contribution in [0.4, 0.5) is 0 Å². The molecule has 1 saturated heterocycles. The number of amides is 1. The maximum Gasteiger partial charge on any atom is 0.244 e. The Morgan fingerprint density at radius 3 is 2.42 bits per heavy atom. The van der Waals surface area contributed by atoms with Crippen LogP contribution in [-0.4, -0.2) is 81.2 Å². The van der Waals surface area contributed by atoms with E-state index in [1.165, 1.54) is 22.3 Å². The Morgan fingerprint density at radius 1 is 1.12 bits per heavy atom. The number of carbonyl (C=O) groups is 1. The summed E-state index contributed by atoms with van der Waals surface area (Å²) in [6, 6.07) is 8.67. The number of methoxy groups -OCH3 is 2. The number of nitrogens with one attached hydrogen (secondary N) is 1. The first-order valence-corrected chi connectivity index (χ1v) is 12.9. The van der Waals surface area contributed by atoms with Crippen LogP contribution in [0.5, 0.6) is 11.5 Å². The summed E-state index contributed by atoms with van der Waals surface area (Å²) in [6.45, 7) is 4.47. The van der Waals surface area contributed by atoms with Gasteiger partial charge in [0.1, 0.15) is 4.90 Å². The molecule has 11 heteroatoms. The molecule has 0 bridgehead atoms. The normalized spacial score (nSPS) is 16.2. The molecule has 0 aliphatic carbocycles. The summed E-state index contributed by atoms with van der Waals surface area (Å²) in [4.78, 5) is 19.1. The number of thioether (sulfide) groups is 1. The van der Waals surface area contributed by atoms with E-state index in [2.05, 4.69) is 15.2 Å². The molecule has 180 valence electrons. The van der Waals surface area contributed by atoms with Crippen molar-refractivity contribution in [2.75, 3.05) is 47.4 Å². The summed E-state index contributed by atoms with van der Waals surface area (Å²) < 4.78 is 37.6. The number of hydrogen-bond donors (Lipinski definition) is 1. The Kier molecular flexibility index (Phi) is 8.57. The highest BCUT2D eigenvalue weighted by molar-refractivity contribution is 8.00. The van der Waals surface area contributed by atoms with E-state index in [1.54, 1.807) is 39.3 Å². The number of benzene rings is 1. The van der Waals surface area contributed by atoms with Crippen LogP contribution < -0.4 is 14.8 Å². The number of nitrogens with zero attached hydrogens (tertiary/aromatic N) is 3. The van der Waals surface area contributed by atoms with E-state index in [4.69, 9.17) is 9.47 Å². The van der Waals surface area contributed by atoms with E-state index < -0.39 is 15.3 Å². The molecule has 33 heavy (non-hydrogen) atoms. The second-order valence-corrected chi connectivity index (χ2v) is 11.0. The van der Waals surface area contributed by atoms with Gasteiger partial charge >= 0.3 is 0 Å². The number of pyridine rings is 1. The molecule has 1 aromatic heterocycles. The Hall–Kier alpha value is -2.34. The summed E-state index contributed by atoms with van der Waals surface area (Å²) in [5, 5.41) is 3.08. The number of likely N-dealkylation sites (N-methyl/N-ethyl adjacent to an activating group) is 1. The van der Waals surface area contributed by atoms with E-state index in [9.17, 15) is 13.2 Å². The van der Waals surface area contributed by atoms with Gasteiger partial charge in [0, 0.05) is 38.9 Å². The number of carbonyl (C=O) groups excluding carboxylic acids is 1. The van der Waals surface area contributed by atoms with Gasteiger partial charge in [-0.15, -0.1) is 0 Å². The number of hydrogen-bond acceptors (Lipinski definition) is 8. The van der Waals surface area contributed by atoms with Crippen molar-refractivity contribution in [1.29, 1.82) is 0 Å². The lowest BCUT2D eigenvalue weighted by Gasteiger charge is -2.31. The van der Waals surface area contributed by atoms with Gasteiger partial charge < -0.3 is 19.7 Å². The molecule has 2 aromatic rings. The van der Waals surface area contributed by atoms with E-state index in [0.29, 0.717) is 49.2 Å². The molecule has 0 radical (unpaired) electrons. The maximum absolute atomic E-state index is 12.8. The second kappa shape index (κ2) is 11.2. The van der Waals surface area contributed by atoms with Crippen molar-refractivity contribution in [3.8, 4) is 11.5 Å². The van der Waals surface area contributed by atoms with E-state index in [-0.39, 0.29) is 10.8 Å². The van der Waals surface area contributed by atoms with Gasteiger partial charge in [-0.25, -0.2) is 13.4 Å². The van der Waals surface area contributed by atoms with Gasteiger partial charge in [0.2, 0.25) is 15.9 Å². The second-order valence-electron chi connectivity index (χ2n) is 7.71. The fraction of sp³-hybridized carbons (Fsp3) is 0.455. The number of rotatable bonds is 9. The van der Waals surface area contributed by atoms with Gasteiger partial charge in [0.25, 0.3) is 0 Å². The van der Waals surface area contributed by atoms with E-state index >= 15 is 0 Å². The average Bonchev–Trinajstić information content (AvgIpc) is 2.82. The molecular formula is C22H30N4O5S2. The third-order valence-electron chi connectivity index (χ3n) is 5.39. The molecule has 1 fully saturated rings. The van der Waals surface area contributed by atoms with Crippen LogP contribution in [0.15, 0.2) is 46.5 Å². The minimum atomic E-state index is -3.56. The predicted molar refractivity (Wildman–Crippen MR) is 127 cm³/mol. The first kappa shape index (κ1) is 25.3. The summed E-state index contributed by atoms with van der Waals surface area (Å²) in [7, 11) is 1.55. The van der Waals surface area contributed by atoms with Crippen LogP contribution in [0.1, 0.15) is 12.5 Å². The minimum Gasteiger partial charge on any atom is -0.493 e. The smallest absolute Gasteiger partial charge is 0.244 e. The lowest BCUT2D eigenvalue weighted by Crippen LogP contribution is -2.47. The Balaban J connectivity index is 1.55. The molecule has 0 spiro atoms. The van der Waals surface area contributed by atoms with Crippen molar-refractivity contribution in [2.24, 2.45) is 0 Å². The van der Waals surface area contributed by atoms with Crippen molar-refractivity contribution in [3.63, 3.8) is 0 Å². The highest BCUT2D eigenvalue weighted by Gasteiger charge is 2.27. The predicted octanol–water partition coefficient (Wildman–Crippen LogP) is 1.83. The van der Waals surface area contributed by atoms with E-state index in [0.717, 1.165) is 5.56 Å². The highest BCUT2D eigenvalue weighted by Crippen LogP contribution is 2.28. The molecule has 0 saturated carbocycles. The van der Waals surface area contributed by atoms with Gasteiger partial charge in [-0.05, 0) is 43.8 Å². The Morgan fingerprint density at radius 2 is 1.82 bits per heavy atom. The molecule has 1 aromatic carbocycles. The topological polar surface area (TPSA) is 101 Å². The molecule has 2 heterocycles. The van der Waals surface area contributed by atoms with Crippen molar-refractivity contribution in [3.05, 3.63) is 42.1 Å². The molecule has 1 amide bonds. The van der Waals surface area contributed by atoms with Crippen molar-refractivity contribution >= 4 is 27.7 Å². The van der Waals surface area contributed by atoms with Crippen LogP contribution in [0, 0.1) is 0 Å². The third kappa shape index (κ3) is 6.38. The highest BCUT2D eigenvalue weighted by atomic mass is 32.2. The maximum atomic E-state index is 12.8. The average molecular weight is 495 g/mol.